The Kier molecular flexibility index (Phi) is 4.42. The normalized spacial score (nSPS) is 12.1. The third-order valence-electron chi connectivity index (χ3n) is 2.89. The van der Waals surface area contributed by atoms with E-state index in [0.717, 1.165) is 11.6 Å². The van der Waals surface area contributed by atoms with E-state index in [0.29, 0.717) is 0 Å². The molecular formula is C15H13F2NO2. The Morgan fingerprint density at radius 2 is 1.80 bits per heavy atom. The van der Waals surface area contributed by atoms with Gasteiger partial charge in [-0.2, -0.15) is 0 Å². The fourth-order valence-corrected chi connectivity index (χ4v) is 1.89. The molecule has 0 aliphatic carbocycles. The van der Waals surface area contributed by atoms with Crippen LogP contribution in [0.3, 0.4) is 0 Å². The number of nitrogens with one attached hydrogen (secondary N) is 1. The molecule has 2 aromatic carbocycles. The molecule has 0 amide bonds. The lowest BCUT2D eigenvalue weighted by Crippen LogP contribution is -2.29. The molecule has 1 unspecified atom stereocenters. The Morgan fingerprint density at radius 1 is 1.10 bits per heavy atom. The van der Waals surface area contributed by atoms with Crippen LogP contribution in [-0.2, 0) is 11.3 Å². The molecule has 2 aromatic rings. The highest BCUT2D eigenvalue weighted by Gasteiger charge is 2.24. The van der Waals surface area contributed by atoms with Crippen LogP contribution in [0.15, 0.2) is 48.5 Å². The quantitative estimate of drug-likeness (QED) is 0.883. The average Bonchev–Trinajstić information content (AvgIpc) is 2.44. The van der Waals surface area contributed by atoms with Crippen molar-refractivity contribution in [2.45, 2.75) is 12.6 Å². The van der Waals surface area contributed by atoms with Crippen LogP contribution in [0.25, 0.3) is 0 Å². The van der Waals surface area contributed by atoms with Gasteiger partial charge in [0, 0.05) is 12.1 Å². The van der Waals surface area contributed by atoms with Gasteiger partial charge in [-0.1, -0.05) is 42.5 Å². The first-order chi connectivity index (χ1) is 9.59. The maximum atomic E-state index is 13.7. The van der Waals surface area contributed by atoms with E-state index in [1.54, 1.807) is 0 Å². The van der Waals surface area contributed by atoms with Gasteiger partial charge in [0.25, 0.3) is 0 Å². The zero-order valence-electron chi connectivity index (χ0n) is 10.5. The van der Waals surface area contributed by atoms with Gasteiger partial charge in [-0.15, -0.1) is 0 Å². The Morgan fingerprint density at radius 3 is 2.45 bits per heavy atom. The Hall–Kier alpha value is -2.27. The van der Waals surface area contributed by atoms with Crippen molar-refractivity contribution >= 4 is 5.97 Å². The smallest absolute Gasteiger partial charge is 0.325 e. The molecule has 0 saturated heterocycles. The van der Waals surface area contributed by atoms with Gasteiger partial charge in [0.15, 0.2) is 11.6 Å². The first kappa shape index (κ1) is 14.1. The molecule has 20 heavy (non-hydrogen) atoms. The van der Waals surface area contributed by atoms with Crippen molar-refractivity contribution in [1.82, 2.24) is 5.32 Å². The van der Waals surface area contributed by atoms with Gasteiger partial charge in [0.2, 0.25) is 0 Å². The number of hydrogen-bond acceptors (Lipinski definition) is 2. The van der Waals surface area contributed by atoms with E-state index in [-0.39, 0.29) is 12.1 Å². The molecule has 2 N–H and O–H groups in total. The lowest BCUT2D eigenvalue weighted by atomic mass is 10.1. The number of carboxylic acids is 1. The summed E-state index contributed by atoms with van der Waals surface area (Å²) < 4.78 is 26.8. The minimum absolute atomic E-state index is 0.214. The summed E-state index contributed by atoms with van der Waals surface area (Å²) in [7, 11) is 0. The third-order valence-corrected chi connectivity index (χ3v) is 2.89. The number of carbonyl (C=O) groups is 1. The topological polar surface area (TPSA) is 49.3 Å². The Bertz CT molecular complexity index is 602. The fourth-order valence-electron chi connectivity index (χ4n) is 1.89. The van der Waals surface area contributed by atoms with Crippen LogP contribution in [0.4, 0.5) is 8.78 Å². The summed E-state index contributed by atoms with van der Waals surface area (Å²) in [5.41, 5.74) is 0.643. The summed E-state index contributed by atoms with van der Waals surface area (Å²) in [5, 5.41) is 11.9. The van der Waals surface area contributed by atoms with Gasteiger partial charge >= 0.3 is 5.97 Å². The number of rotatable bonds is 5. The second-order valence-corrected chi connectivity index (χ2v) is 4.28. The largest absolute Gasteiger partial charge is 0.480 e. The minimum atomic E-state index is -1.30. The number of hydrogen-bond donors (Lipinski definition) is 2. The Balaban J connectivity index is 2.20. The SMILES string of the molecule is O=C(O)C(NCc1ccccc1)c1cccc(F)c1F. The van der Waals surface area contributed by atoms with Crippen LogP contribution in [0.1, 0.15) is 17.2 Å². The summed E-state index contributed by atoms with van der Waals surface area (Å²) in [5.74, 6) is -3.46. The Labute approximate surface area is 114 Å². The maximum Gasteiger partial charge on any atom is 0.325 e. The summed E-state index contributed by atoms with van der Waals surface area (Å²) in [6, 6.07) is 11.3. The van der Waals surface area contributed by atoms with Crippen molar-refractivity contribution in [2.24, 2.45) is 0 Å². The van der Waals surface area contributed by atoms with Crippen molar-refractivity contribution < 1.29 is 18.7 Å². The predicted molar refractivity (Wildman–Crippen MR) is 70.0 cm³/mol. The van der Waals surface area contributed by atoms with Crippen molar-refractivity contribution in [2.75, 3.05) is 0 Å². The first-order valence-electron chi connectivity index (χ1n) is 6.03. The van der Waals surface area contributed by atoms with Crippen molar-refractivity contribution in [3.05, 3.63) is 71.3 Å². The van der Waals surface area contributed by atoms with Gasteiger partial charge in [-0.25, -0.2) is 8.78 Å². The van der Waals surface area contributed by atoms with Crippen molar-refractivity contribution in [3.63, 3.8) is 0 Å². The summed E-state index contributed by atoms with van der Waals surface area (Å²) in [6.07, 6.45) is 0. The van der Waals surface area contributed by atoms with Crippen LogP contribution in [0.5, 0.6) is 0 Å². The van der Waals surface area contributed by atoms with E-state index in [4.69, 9.17) is 5.11 Å². The average molecular weight is 277 g/mol. The third kappa shape index (κ3) is 3.19. The van der Waals surface area contributed by atoms with E-state index in [2.05, 4.69) is 5.32 Å². The lowest BCUT2D eigenvalue weighted by molar-refractivity contribution is -0.139. The lowest BCUT2D eigenvalue weighted by Gasteiger charge is -2.15. The van der Waals surface area contributed by atoms with Gasteiger partial charge in [0.1, 0.15) is 6.04 Å². The van der Waals surface area contributed by atoms with E-state index < -0.39 is 23.6 Å². The highest BCUT2D eigenvalue weighted by Crippen LogP contribution is 2.20. The number of carboxylic acid groups (broad SMARTS) is 1. The zero-order valence-corrected chi connectivity index (χ0v) is 10.5. The predicted octanol–water partition coefficient (Wildman–Crippen LogP) is 2.88. The van der Waals surface area contributed by atoms with Crippen LogP contribution < -0.4 is 5.32 Å². The molecular weight excluding hydrogens is 264 g/mol. The molecule has 0 aliphatic rings. The van der Waals surface area contributed by atoms with Gasteiger partial charge in [-0.05, 0) is 11.6 Å². The van der Waals surface area contributed by atoms with E-state index in [1.807, 2.05) is 30.3 Å². The molecule has 0 saturated carbocycles. The van der Waals surface area contributed by atoms with Gasteiger partial charge < -0.3 is 5.11 Å². The number of halogens is 2. The number of aliphatic carboxylic acids is 1. The second kappa shape index (κ2) is 6.25. The fraction of sp³-hybridized carbons (Fsp3) is 0.133. The maximum absolute atomic E-state index is 13.7. The molecule has 2 rings (SSSR count). The van der Waals surface area contributed by atoms with E-state index in [1.165, 1.54) is 12.1 Å². The van der Waals surface area contributed by atoms with Crippen LogP contribution in [-0.4, -0.2) is 11.1 Å². The molecule has 0 aromatic heterocycles. The summed E-state index contributed by atoms with van der Waals surface area (Å²) in [6.45, 7) is 0.244. The second-order valence-electron chi connectivity index (χ2n) is 4.28. The van der Waals surface area contributed by atoms with E-state index in [9.17, 15) is 13.6 Å². The summed E-state index contributed by atoms with van der Waals surface area (Å²) in [4.78, 5) is 11.2. The van der Waals surface area contributed by atoms with Crippen LogP contribution in [0.2, 0.25) is 0 Å². The molecule has 1 atom stereocenters. The van der Waals surface area contributed by atoms with Gasteiger partial charge in [-0.3, -0.25) is 10.1 Å². The zero-order chi connectivity index (χ0) is 14.5. The van der Waals surface area contributed by atoms with E-state index >= 15 is 0 Å². The van der Waals surface area contributed by atoms with Crippen molar-refractivity contribution in [1.29, 1.82) is 0 Å². The monoisotopic (exact) mass is 277 g/mol. The first-order valence-corrected chi connectivity index (χ1v) is 6.03. The van der Waals surface area contributed by atoms with Gasteiger partial charge in [0.05, 0.1) is 0 Å². The minimum Gasteiger partial charge on any atom is -0.480 e. The van der Waals surface area contributed by atoms with Crippen LogP contribution in [0, 0.1) is 11.6 Å². The summed E-state index contributed by atoms with van der Waals surface area (Å²) >= 11 is 0. The number of benzene rings is 2. The molecule has 0 aliphatic heterocycles. The molecule has 5 heteroatoms. The standard InChI is InChI=1S/C15H13F2NO2/c16-12-8-4-7-11(13(12)17)14(15(19)20)18-9-10-5-2-1-3-6-10/h1-8,14,18H,9H2,(H,19,20). The molecule has 104 valence electrons. The molecule has 0 heterocycles. The molecule has 0 radical (unpaired) electrons. The van der Waals surface area contributed by atoms with Crippen LogP contribution >= 0.6 is 0 Å². The molecule has 0 spiro atoms. The molecule has 0 bridgehead atoms. The molecule has 3 nitrogen and oxygen atoms in total. The molecule has 0 fully saturated rings. The van der Waals surface area contributed by atoms with Crippen molar-refractivity contribution in [3.8, 4) is 0 Å². The highest BCUT2D eigenvalue weighted by atomic mass is 19.2. The highest BCUT2D eigenvalue weighted by molar-refractivity contribution is 5.75.